The molecule has 9 aromatic rings. The average molecular weight is 559 g/mol. The van der Waals surface area contributed by atoms with E-state index in [9.17, 15) is 0 Å². The molecule has 6 aromatic carbocycles. The first-order valence-corrected chi connectivity index (χ1v) is 14.7. The fourth-order valence-electron chi connectivity index (χ4n) is 6.02. The third-order valence-electron chi connectivity index (χ3n) is 7.89. The SMILES string of the molecule is c1ccc(-c2nc3c(cc(N(c4ccccc4)c4cccc5c4sc4ccccc45)c4oc5ccccc5c43)o2)cc1. The molecule has 0 saturated carbocycles. The Morgan fingerprint density at radius 1 is 0.571 bits per heavy atom. The van der Waals surface area contributed by atoms with Crippen molar-refractivity contribution in [1.29, 1.82) is 0 Å². The van der Waals surface area contributed by atoms with Crippen molar-refractivity contribution < 1.29 is 8.83 Å². The lowest BCUT2D eigenvalue weighted by molar-refractivity contribution is 0.619. The molecule has 0 atom stereocenters. The van der Waals surface area contributed by atoms with Crippen LogP contribution in [0.4, 0.5) is 17.1 Å². The molecule has 3 heterocycles. The fraction of sp³-hybridized carbons (Fsp3) is 0. The van der Waals surface area contributed by atoms with E-state index in [1.165, 1.54) is 20.2 Å². The topological polar surface area (TPSA) is 42.4 Å². The Morgan fingerprint density at radius 3 is 2.14 bits per heavy atom. The van der Waals surface area contributed by atoms with Gasteiger partial charge in [-0.25, -0.2) is 4.98 Å². The van der Waals surface area contributed by atoms with E-state index >= 15 is 0 Å². The number of nitrogens with zero attached hydrogens (tertiary/aromatic N) is 2. The Bertz CT molecular complexity index is 2420. The van der Waals surface area contributed by atoms with Crippen LogP contribution in [0, 0.1) is 0 Å². The summed E-state index contributed by atoms with van der Waals surface area (Å²) in [4.78, 5) is 7.31. The number of hydrogen-bond acceptors (Lipinski definition) is 5. The van der Waals surface area contributed by atoms with Gasteiger partial charge in [-0.3, -0.25) is 0 Å². The number of oxazole rings is 1. The lowest BCUT2D eigenvalue weighted by Crippen LogP contribution is -2.10. The van der Waals surface area contributed by atoms with Crippen molar-refractivity contribution in [1.82, 2.24) is 4.98 Å². The van der Waals surface area contributed by atoms with Crippen LogP contribution in [0.25, 0.3) is 64.7 Å². The quantitative estimate of drug-likeness (QED) is 0.215. The Balaban J connectivity index is 1.41. The van der Waals surface area contributed by atoms with E-state index in [1.807, 2.05) is 65.9 Å². The van der Waals surface area contributed by atoms with Crippen molar-refractivity contribution in [2.45, 2.75) is 0 Å². The minimum absolute atomic E-state index is 0.590. The van der Waals surface area contributed by atoms with Gasteiger partial charge in [-0.05, 0) is 42.5 Å². The number of rotatable bonds is 4. The first kappa shape index (κ1) is 23.3. The van der Waals surface area contributed by atoms with Crippen molar-refractivity contribution in [2.75, 3.05) is 4.90 Å². The molecule has 0 saturated heterocycles. The number of hydrogen-bond donors (Lipinski definition) is 0. The smallest absolute Gasteiger partial charge is 0.227 e. The van der Waals surface area contributed by atoms with E-state index in [4.69, 9.17) is 13.8 Å². The van der Waals surface area contributed by atoms with Gasteiger partial charge < -0.3 is 13.7 Å². The summed E-state index contributed by atoms with van der Waals surface area (Å²) in [6.07, 6.45) is 0. The predicted octanol–water partition coefficient (Wildman–Crippen LogP) is 11.2. The standard InChI is InChI=1S/C37H22N2O2S/c1-3-12-23(13-4-1)37-38-34-31(41-37)22-29(35-33(34)27-17-7-9-20-30(27)40-35)39(24-14-5-2-6-15-24)28-19-11-18-26-25-16-8-10-21-32(25)42-36(26)28/h1-22H. The minimum Gasteiger partial charge on any atom is -0.454 e. The van der Waals surface area contributed by atoms with E-state index in [0.29, 0.717) is 11.5 Å². The number of thiophene rings is 1. The van der Waals surface area contributed by atoms with Gasteiger partial charge in [0.15, 0.2) is 11.2 Å². The maximum absolute atomic E-state index is 6.68. The zero-order chi connectivity index (χ0) is 27.6. The lowest BCUT2D eigenvalue weighted by atomic mass is 10.1. The molecule has 4 nitrogen and oxygen atoms in total. The average Bonchev–Trinajstić information content (AvgIpc) is 3.76. The molecule has 198 valence electrons. The second-order valence-electron chi connectivity index (χ2n) is 10.4. The third kappa shape index (κ3) is 3.44. The van der Waals surface area contributed by atoms with E-state index in [0.717, 1.165) is 50.1 Å². The first-order valence-electron chi connectivity index (χ1n) is 13.9. The monoisotopic (exact) mass is 558 g/mol. The van der Waals surface area contributed by atoms with Crippen LogP contribution in [0.1, 0.15) is 0 Å². The summed E-state index contributed by atoms with van der Waals surface area (Å²) >= 11 is 1.81. The van der Waals surface area contributed by atoms with Gasteiger partial charge in [-0.1, -0.05) is 84.9 Å². The molecule has 42 heavy (non-hydrogen) atoms. The Kier molecular flexibility index (Phi) is 5.03. The van der Waals surface area contributed by atoms with Gasteiger partial charge in [0.05, 0.1) is 21.5 Å². The van der Waals surface area contributed by atoms with E-state index < -0.39 is 0 Å². The van der Waals surface area contributed by atoms with E-state index in [2.05, 4.69) is 83.8 Å². The highest BCUT2D eigenvalue weighted by atomic mass is 32.1. The highest BCUT2D eigenvalue weighted by molar-refractivity contribution is 7.26. The molecule has 0 aliphatic carbocycles. The van der Waals surface area contributed by atoms with Gasteiger partial charge in [-0.2, -0.15) is 0 Å². The molecule has 0 N–H and O–H groups in total. The summed E-state index contributed by atoms with van der Waals surface area (Å²) < 4.78 is 15.7. The largest absolute Gasteiger partial charge is 0.454 e. The highest BCUT2D eigenvalue weighted by Crippen LogP contribution is 2.49. The first-order chi connectivity index (χ1) is 20.8. The molecule has 0 amide bonds. The second-order valence-corrected chi connectivity index (χ2v) is 11.4. The molecule has 0 unspecified atom stereocenters. The molecular formula is C37H22N2O2S. The number of benzene rings is 6. The van der Waals surface area contributed by atoms with Gasteiger partial charge in [0.1, 0.15) is 11.1 Å². The lowest BCUT2D eigenvalue weighted by Gasteiger charge is -2.26. The number of para-hydroxylation sites is 2. The van der Waals surface area contributed by atoms with Crippen LogP contribution in [0.3, 0.4) is 0 Å². The maximum Gasteiger partial charge on any atom is 0.227 e. The predicted molar refractivity (Wildman–Crippen MR) is 174 cm³/mol. The summed E-state index contributed by atoms with van der Waals surface area (Å²) in [7, 11) is 0. The molecule has 0 spiro atoms. The Labute approximate surface area is 244 Å². The normalized spacial score (nSPS) is 11.8. The Hall–Kier alpha value is -5.39. The number of furan rings is 1. The van der Waals surface area contributed by atoms with Gasteiger partial charge in [0.2, 0.25) is 5.89 Å². The number of anilines is 3. The molecule has 0 radical (unpaired) electrons. The van der Waals surface area contributed by atoms with Crippen LogP contribution in [0.15, 0.2) is 142 Å². The fourth-order valence-corrected chi connectivity index (χ4v) is 7.23. The van der Waals surface area contributed by atoms with Crippen LogP contribution in [-0.2, 0) is 0 Å². The molecule has 3 aromatic heterocycles. The molecule has 0 bridgehead atoms. The summed E-state index contributed by atoms with van der Waals surface area (Å²) in [5, 5.41) is 4.47. The van der Waals surface area contributed by atoms with Crippen molar-refractivity contribution >= 4 is 81.6 Å². The molecule has 0 fully saturated rings. The molecule has 5 heteroatoms. The summed E-state index contributed by atoms with van der Waals surface area (Å²) in [6.45, 7) is 0. The Morgan fingerprint density at radius 2 is 1.29 bits per heavy atom. The molecule has 0 aliphatic heterocycles. The van der Waals surface area contributed by atoms with Crippen molar-refractivity contribution in [3.63, 3.8) is 0 Å². The van der Waals surface area contributed by atoms with Gasteiger partial charge in [0.25, 0.3) is 0 Å². The van der Waals surface area contributed by atoms with Crippen molar-refractivity contribution in [2.24, 2.45) is 0 Å². The maximum atomic E-state index is 6.68. The van der Waals surface area contributed by atoms with Crippen molar-refractivity contribution in [3.05, 3.63) is 133 Å². The van der Waals surface area contributed by atoms with Crippen LogP contribution >= 0.6 is 11.3 Å². The molecular weight excluding hydrogens is 536 g/mol. The van der Waals surface area contributed by atoms with E-state index in [-0.39, 0.29) is 0 Å². The van der Waals surface area contributed by atoms with Crippen molar-refractivity contribution in [3.8, 4) is 11.5 Å². The van der Waals surface area contributed by atoms with Crippen LogP contribution in [-0.4, -0.2) is 4.98 Å². The van der Waals surface area contributed by atoms with Crippen LogP contribution in [0.2, 0.25) is 0 Å². The molecule has 0 aliphatic rings. The van der Waals surface area contributed by atoms with Crippen LogP contribution in [0.5, 0.6) is 0 Å². The summed E-state index contributed by atoms with van der Waals surface area (Å²) in [6, 6.07) is 45.9. The second kappa shape index (κ2) is 9.06. The molecule has 9 rings (SSSR count). The van der Waals surface area contributed by atoms with E-state index in [1.54, 1.807) is 0 Å². The van der Waals surface area contributed by atoms with Gasteiger partial charge in [-0.15, -0.1) is 11.3 Å². The number of fused-ring (bicyclic) bond motifs is 8. The third-order valence-corrected chi connectivity index (χ3v) is 9.10. The summed E-state index contributed by atoms with van der Waals surface area (Å²) in [5.41, 5.74) is 7.07. The van der Waals surface area contributed by atoms with Gasteiger partial charge >= 0.3 is 0 Å². The zero-order valence-electron chi connectivity index (χ0n) is 22.3. The zero-order valence-corrected chi connectivity index (χ0v) is 23.1. The summed E-state index contributed by atoms with van der Waals surface area (Å²) in [5.74, 6) is 0.590. The number of aromatic nitrogens is 1. The van der Waals surface area contributed by atoms with Crippen LogP contribution < -0.4 is 4.90 Å². The highest BCUT2D eigenvalue weighted by Gasteiger charge is 2.26. The minimum atomic E-state index is 0.590. The van der Waals surface area contributed by atoms with Gasteiger partial charge in [0, 0.05) is 38.2 Å².